The van der Waals surface area contributed by atoms with Gasteiger partial charge in [-0.2, -0.15) is 0 Å². The molecule has 0 amide bonds. The second-order valence-corrected chi connectivity index (χ2v) is 19.4. The van der Waals surface area contributed by atoms with Crippen LogP contribution in [0, 0.1) is 5.41 Å². The van der Waals surface area contributed by atoms with Crippen LogP contribution in [0.2, 0.25) is 0 Å². The zero-order chi connectivity index (χ0) is 51.7. The van der Waals surface area contributed by atoms with E-state index < -0.39 is 60.5 Å². The fraction of sp³-hybridized carbons (Fsp3) is 0.837. The first kappa shape index (κ1) is 60.9. The zero-order valence-electron chi connectivity index (χ0n) is 40.7. The Hall–Kier alpha value is -4.19. The minimum atomic E-state index is -1.12. The molecule has 26 nitrogen and oxygen atoms in total. The molecule has 0 saturated carbocycles. The van der Waals surface area contributed by atoms with Crippen molar-refractivity contribution in [3.8, 4) is 0 Å². The van der Waals surface area contributed by atoms with Crippen LogP contribution in [0.15, 0.2) is 0 Å². The van der Waals surface area contributed by atoms with Gasteiger partial charge in [-0.3, -0.25) is 82.6 Å². The third kappa shape index (κ3) is 30.2. The Bertz CT molecular complexity index is 1550. The van der Waals surface area contributed by atoms with E-state index in [4.69, 9.17) is 0 Å². The Morgan fingerprint density at radius 2 is 0.594 bits per heavy atom. The van der Waals surface area contributed by atoms with Crippen molar-refractivity contribution < 1.29 is 79.5 Å². The summed E-state index contributed by atoms with van der Waals surface area (Å²) < 4.78 is 0. The van der Waals surface area contributed by atoms with Crippen LogP contribution < -0.4 is 0 Å². The van der Waals surface area contributed by atoms with E-state index >= 15 is 0 Å². The lowest BCUT2D eigenvalue weighted by Gasteiger charge is -2.36. The Balaban J connectivity index is 2.24. The number of β-amino-alcohol motifs (C(OH)–C–C–N with tert-alkyl or cyclic N) is 2. The largest absolute Gasteiger partial charge is 0.480 e. The van der Waals surface area contributed by atoms with Gasteiger partial charge in [-0.15, -0.1) is 0 Å². The number of hydrogen-bond acceptors (Lipinski definition) is 19. The molecule has 0 radical (unpaired) electrons. The van der Waals surface area contributed by atoms with E-state index in [-0.39, 0.29) is 169 Å². The van der Waals surface area contributed by atoms with Crippen LogP contribution in [-0.2, 0) is 33.6 Å². The number of hydrogen-bond donors (Lipinski definition) is 9. The van der Waals surface area contributed by atoms with Crippen molar-refractivity contribution in [3.63, 3.8) is 0 Å². The quantitative estimate of drug-likeness (QED) is 0.0394. The maximum absolute atomic E-state index is 12.1. The molecule has 2 heterocycles. The summed E-state index contributed by atoms with van der Waals surface area (Å²) >= 11 is 0. The fourth-order valence-electron chi connectivity index (χ4n) is 8.54. The lowest BCUT2D eigenvalue weighted by molar-refractivity contribution is -0.140. The van der Waals surface area contributed by atoms with Gasteiger partial charge in [0.2, 0.25) is 0 Å². The van der Waals surface area contributed by atoms with E-state index in [0.29, 0.717) is 26.2 Å². The van der Waals surface area contributed by atoms with Gasteiger partial charge in [0.05, 0.1) is 58.0 Å². The SMILES string of the molecule is CC(C)(C)CN(CCN(CC(=O)O)CC(O)CN1CCN(CC(=O)O)CCN(CC(=O)O)CCN(CC(=O)O)CC1)CC(O)CN1CCN(CC(=O)O)CCN(CC(=O)O)CCN(CC(=O)O)CC1. The summed E-state index contributed by atoms with van der Waals surface area (Å²) in [5.74, 6) is -7.49. The van der Waals surface area contributed by atoms with Crippen LogP contribution >= 0.6 is 0 Å². The number of carboxylic acid groups (broad SMARTS) is 7. The molecule has 0 aromatic heterocycles. The van der Waals surface area contributed by atoms with Crippen LogP contribution in [0.25, 0.3) is 0 Å². The molecule has 2 aliphatic heterocycles. The van der Waals surface area contributed by atoms with Crippen LogP contribution in [0.5, 0.6) is 0 Å². The Kier molecular flexibility index (Phi) is 28.2. The molecule has 0 aromatic rings. The Morgan fingerprint density at radius 1 is 0.377 bits per heavy atom. The van der Waals surface area contributed by atoms with Gasteiger partial charge in [0, 0.05) is 151 Å². The molecule has 0 bridgehead atoms. The van der Waals surface area contributed by atoms with Crippen LogP contribution in [-0.4, -0.2) is 345 Å². The zero-order valence-corrected chi connectivity index (χ0v) is 40.7. The van der Waals surface area contributed by atoms with Gasteiger partial charge in [-0.25, -0.2) is 0 Å². The number of carboxylic acids is 7. The van der Waals surface area contributed by atoms with Crippen molar-refractivity contribution in [3.05, 3.63) is 0 Å². The van der Waals surface area contributed by atoms with E-state index in [2.05, 4.69) is 0 Å². The van der Waals surface area contributed by atoms with Gasteiger partial charge < -0.3 is 46.0 Å². The van der Waals surface area contributed by atoms with E-state index in [0.717, 1.165) is 0 Å². The Morgan fingerprint density at radius 3 is 0.812 bits per heavy atom. The molecule has 398 valence electrons. The average Bonchev–Trinajstić information content (AvgIpc) is 3.19. The van der Waals surface area contributed by atoms with Gasteiger partial charge in [-0.05, 0) is 5.41 Å². The van der Waals surface area contributed by atoms with E-state index in [1.54, 1.807) is 34.3 Å². The van der Waals surface area contributed by atoms with Crippen molar-refractivity contribution in [2.75, 3.05) is 196 Å². The van der Waals surface area contributed by atoms with Crippen LogP contribution in [0.4, 0.5) is 0 Å². The number of aliphatic carboxylic acids is 7. The molecule has 2 fully saturated rings. The fourth-order valence-corrected chi connectivity index (χ4v) is 8.54. The summed E-state index contributed by atoms with van der Waals surface area (Å²) in [5, 5.41) is 90.3. The summed E-state index contributed by atoms with van der Waals surface area (Å²) in [6.45, 7) is 9.36. The first-order chi connectivity index (χ1) is 32.3. The predicted octanol–water partition coefficient (Wildman–Crippen LogP) is -4.61. The standard InChI is InChI=1S/C43H80N10O16/c1-43(2,3)33-53(25-35(55)23-45-6-10-48(28-38(60)61)14-18-51(31-41(66)67)19-15-49(11-7-45)29-39(62)63)21-20-52(32-42(68)69)24-34(54)22-44-4-8-46(26-36(56)57)12-16-50(30-40(64)65)17-13-47(9-5-44)27-37(58)59/h34-35,54-55H,4-33H2,1-3H3,(H,56,57)(H,58,59)(H,60,61)(H,62,63)(H,64,65)(H,66,67)(H,68,69). The normalized spacial score (nSPS) is 19.8. The highest BCUT2D eigenvalue weighted by molar-refractivity contribution is 5.71. The second-order valence-electron chi connectivity index (χ2n) is 19.4. The third-order valence-electron chi connectivity index (χ3n) is 11.7. The van der Waals surface area contributed by atoms with E-state index in [1.807, 2.05) is 35.5 Å². The monoisotopic (exact) mass is 993 g/mol. The first-order valence-electron chi connectivity index (χ1n) is 23.5. The molecule has 9 N–H and O–H groups in total. The minimum absolute atomic E-state index is 0.0533. The van der Waals surface area contributed by atoms with Gasteiger partial charge in [0.15, 0.2) is 0 Å². The van der Waals surface area contributed by atoms with Gasteiger partial charge >= 0.3 is 41.8 Å². The molecular weight excluding hydrogens is 913 g/mol. The molecule has 69 heavy (non-hydrogen) atoms. The molecule has 2 saturated heterocycles. The smallest absolute Gasteiger partial charge is 0.317 e. The molecule has 2 rings (SSSR count). The molecule has 2 aliphatic rings. The topological polar surface area (TPSA) is 334 Å². The van der Waals surface area contributed by atoms with Crippen molar-refractivity contribution in [2.45, 2.75) is 33.0 Å². The number of carbonyl (C=O) groups is 7. The highest BCUT2D eigenvalue weighted by atomic mass is 16.4. The number of aliphatic hydroxyl groups excluding tert-OH is 2. The summed E-state index contributed by atoms with van der Waals surface area (Å²) in [4.78, 5) is 99.7. The maximum Gasteiger partial charge on any atom is 0.317 e. The third-order valence-corrected chi connectivity index (χ3v) is 11.7. The lowest BCUT2D eigenvalue weighted by Crippen LogP contribution is -2.51. The Labute approximate surface area is 404 Å². The predicted molar refractivity (Wildman–Crippen MR) is 249 cm³/mol. The highest BCUT2D eigenvalue weighted by Crippen LogP contribution is 2.16. The van der Waals surface area contributed by atoms with Gasteiger partial charge in [0.1, 0.15) is 0 Å². The summed E-state index contributed by atoms with van der Waals surface area (Å²) in [6, 6.07) is 0. The van der Waals surface area contributed by atoms with E-state index in [1.165, 1.54) is 0 Å². The van der Waals surface area contributed by atoms with Crippen molar-refractivity contribution in [1.29, 1.82) is 0 Å². The molecule has 0 aliphatic carbocycles. The summed E-state index contributed by atoms with van der Waals surface area (Å²) in [6.07, 6.45) is -2.03. The molecular formula is C43H80N10O16. The van der Waals surface area contributed by atoms with Crippen LogP contribution in [0.3, 0.4) is 0 Å². The van der Waals surface area contributed by atoms with Crippen molar-refractivity contribution >= 4 is 41.8 Å². The molecule has 0 aromatic carbocycles. The van der Waals surface area contributed by atoms with E-state index in [9.17, 15) is 79.5 Å². The summed E-state index contributed by atoms with van der Waals surface area (Å²) in [5.41, 5.74) is -0.258. The summed E-state index contributed by atoms with van der Waals surface area (Å²) in [7, 11) is 0. The van der Waals surface area contributed by atoms with Crippen molar-refractivity contribution in [1.82, 2.24) is 49.0 Å². The average molecular weight is 993 g/mol. The van der Waals surface area contributed by atoms with Gasteiger partial charge in [0.25, 0.3) is 0 Å². The number of aliphatic hydroxyl groups is 2. The maximum atomic E-state index is 12.1. The van der Waals surface area contributed by atoms with Crippen molar-refractivity contribution in [2.24, 2.45) is 5.41 Å². The lowest BCUT2D eigenvalue weighted by atomic mass is 9.96. The van der Waals surface area contributed by atoms with Gasteiger partial charge in [-0.1, -0.05) is 20.8 Å². The second kappa shape index (κ2) is 31.9. The minimum Gasteiger partial charge on any atom is -0.480 e. The molecule has 2 atom stereocenters. The van der Waals surface area contributed by atoms with Crippen LogP contribution in [0.1, 0.15) is 20.8 Å². The molecule has 26 heteroatoms. The highest BCUT2D eigenvalue weighted by Gasteiger charge is 2.27. The molecule has 2 unspecified atom stereocenters. The number of nitrogens with zero attached hydrogens (tertiary/aromatic N) is 10. The first-order valence-corrected chi connectivity index (χ1v) is 23.5. The molecule has 0 spiro atoms. The number of rotatable bonds is 26.